The van der Waals surface area contributed by atoms with E-state index >= 15 is 0 Å². The molecule has 0 spiro atoms. The maximum absolute atomic E-state index is 7.37. The van der Waals surface area contributed by atoms with Crippen LogP contribution >= 0.6 is 0 Å². The first-order valence-electron chi connectivity index (χ1n) is 4.76. The minimum Gasteiger partial charge on any atom is -0.386 e. The van der Waals surface area contributed by atoms with Gasteiger partial charge < -0.3 is 10.6 Å². The van der Waals surface area contributed by atoms with E-state index in [1.807, 2.05) is 6.92 Å². The number of nitrogens with one attached hydrogen (secondary N) is 1. The molecule has 0 aromatic carbocycles. The topological polar surface area (TPSA) is 56.4 Å². The molecule has 1 fully saturated rings. The Morgan fingerprint density at radius 3 is 2.69 bits per heavy atom. The summed E-state index contributed by atoms with van der Waals surface area (Å²) in [5.74, 6) is 0.261. The van der Waals surface area contributed by atoms with E-state index in [4.69, 9.17) is 11.1 Å². The number of likely N-dealkylation sites (N-methyl/N-ethyl adjacent to an activating group) is 2. The summed E-state index contributed by atoms with van der Waals surface area (Å²) < 4.78 is 0. The predicted octanol–water partition coefficient (Wildman–Crippen LogP) is -0.0532. The largest absolute Gasteiger partial charge is 0.386 e. The molecule has 2 atom stereocenters. The number of likely N-dealkylation sites (tertiary alicyclic amines) is 1. The molecule has 1 aliphatic heterocycles. The number of nitrogens with two attached hydrogens (primary N) is 1. The summed E-state index contributed by atoms with van der Waals surface area (Å²) in [5.41, 5.74) is 5.47. The molecule has 1 aliphatic rings. The van der Waals surface area contributed by atoms with Gasteiger partial charge in [-0.25, -0.2) is 0 Å². The molecular formula is C9H20N4. The Labute approximate surface area is 80.2 Å². The van der Waals surface area contributed by atoms with Crippen LogP contribution in [-0.4, -0.2) is 54.9 Å². The second kappa shape index (κ2) is 4.07. The van der Waals surface area contributed by atoms with Crippen molar-refractivity contribution in [3.63, 3.8) is 0 Å². The molecular weight excluding hydrogens is 164 g/mol. The fourth-order valence-electron chi connectivity index (χ4n) is 1.78. The van der Waals surface area contributed by atoms with Gasteiger partial charge in [-0.3, -0.25) is 10.3 Å². The first-order valence-corrected chi connectivity index (χ1v) is 4.76. The van der Waals surface area contributed by atoms with E-state index in [2.05, 4.69) is 23.9 Å². The molecule has 0 radical (unpaired) electrons. The molecule has 0 saturated carbocycles. The lowest BCUT2D eigenvalue weighted by molar-refractivity contribution is 0.223. The highest BCUT2D eigenvalue weighted by molar-refractivity contribution is 5.82. The van der Waals surface area contributed by atoms with Crippen molar-refractivity contribution in [3.8, 4) is 0 Å². The van der Waals surface area contributed by atoms with Crippen LogP contribution in [0.3, 0.4) is 0 Å². The summed E-state index contributed by atoms with van der Waals surface area (Å²) in [6.45, 7) is 4.23. The summed E-state index contributed by atoms with van der Waals surface area (Å²) in [6, 6.07) is 0.625. The normalized spacial score (nSPS) is 26.6. The zero-order valence-corrected chi connectivity index (χ0v) is 8.75. The fourth-order valence-corrected chi connectivity index (χ4v) is 1.78. The Bertz CT molecular complexity index is 192. The Balaban J connectivity index is 2.47. The van der Waals surface area contributed by atoms with Crippen molar-refractivity contribution in [1.82, 2.24) is 9.80 Å². The molecule has 1 rings (SSSR count). The molecule has 0 amide bonds. The molecule has 76 valence electrons. The van der Waals surface area contributed by atoms with Crippen LogP contribution in [0.2, 0.25) is 0 Å². The van der Waals surface area contributed by atoms with E-state index in [9.17, 15) is 0 Å². The van der Waals surface area contributed by atoms with Crippen LogP contribution in [0.1, 0.15) is 13.3 Å². The van der Waals surface area contributed by atoms with Gasteiger partial charge in [-0.05, 0) is 34.0 Å². The maximum Gasteiger partial charge on any atom is 0.108 e. The third kappa shape index (κ3) is 2.42. The molecule has 3 N–H and O–H groups in total. The maximum atomic E-state index is 7.37. The van der Waals surface area contributed by atoms with E-state index in [1.54, 1.807) is 0 Å². The second-order valence-corrected chi connectivity index (χ2v) is 4.00. The first kappa shape index (κ1) is 10.5. The monoisotopic (exact) mass is 184 g/mol. The van der Waals surface area contributed by atoms with Gasteiger partial charge in [0.25, 0.3) is 0 Å². The van der Waals surface area contributed by atoms with Crippen LogP contribution < -0.4 is 5.73 Å². The third-order valence-electron chi connectivity index (χ3n) is 3.00. The summed E-state index contributed by atoms with van der Waals surface area (Å²) in [4.78, 5) is 4.51. The Hall–Kier alpha value is -0.610. The highest BCUT2D eigenvalue weighted by Crippen LogP contribution is 2.14. The average molecular weight is 184 g/mol. The minimum absolute atomic E-state index is 0.0662. The van der Waals surface area contributed by atoms with E-state index in [-0.39, 0.29) is 11.9 Å². The minimum atomic E-state index is 0.0662. The smallest absolute Gasteiger partial charge is 0.108 e. The van der Waals surface area contributed by atoms with Crippen molar-refractivity contribution >= 4 is 5.84 Å². The third-order valence-corrected chi connectivity index (χ3v) is 3.00. The van der Waals surface area contributed by atoms with Crippen molar-refractivity contribution in [3.05, 3.63) is 0 Å². The molecule has 0 aliphatic carbocycles. The van der Waals surface area contributed by atoms with E-state index < -0.39 is 0 Å². The highest BCUT2D eigenvalue weighted by atomic mass is 15.2. The van der Waals surface area contributed by atoms with E-state index in [1.165, 1.54) is 6.42 Å². The number of rotatable bonds is 3. The van der Waals surface area contributed by atoms with Crippen molar-refractivity contribution in [2.45, 2.75) is 25.4 Å². The average Bonchev–Trinajstić information content (AvgIpc) is 2.49. The zero-order chi connectivity index (χ0) is 10.0. The van der Waals surface area contributed by atoms with Crippen LogP contribution in [0.15, 0.2) is 0 Å². The Morgan fingerprint density at radius 1 is 1.69 bits per heavy atom. The lowest BCUT2D eigenvalue weighted by Gasteiger charge is -2.29. The molecule has 4 heteroatoms. The van der Waals surface area contributed by atoms with Crippen molar-refractivity contribution in [2.24, 2.45) is 5.73 Å². The van der Waals surface area contributed by atoms with Crippen LogP contribution in [-0.2, 0) is 0 Å². The molecule has 4 nitrogen and oxygen atoms in total. The van der Waals surface area contributed by atoms with Crippen molar-refractivity contribution in [2.75, 3.05) is 27.2 Å². The molecule has 2 unspecified atom stereocenters. The van der Waals surface area contributed by atoms with Crippen LogP contribution in [0, 0.1) is 5.41 Å². The van der Waals surface area contributed by atoms with E-state index in [0.717, 1.165) is 13.1 Å². The first-order chi connectivity index (χ1) is 6.02. The van der Waals surface area contributed by atoms with Gasteiger partial charge in [0.05, 0.1) is 6.04 Å². The SMILES string of the molecule is CC(C(=N)N)N(C)C1CCN(C)C1. The summed E-state index contributed by atoms with van der Waals surface area (Å²) in [7, 11) is 4.18. The predicted molar refractivity (Wildman–Crippen MR) is 55.0 cm³/mol. The lowest BCUT2D eigenvalue weighted by Crippen LogP contribution is -2.46. The van der Waals surface area contributed by atoms with Gasteiger partial charge in [0, 0.05) is 12.6 Å². The molecule has 0 bridgehead atoms. The van der Waals surface area contributed by atoms with Gasteiger partial charge in [0.2, 0.25) is 0 Å². The number of nitrogens with zero attached hydrogens (tertiary/aromatic N) is 2. The van der Waals surface area contributed by atoms with Crippen LogP contribution in [0.4, 0.5) is 0 Å². The van der Waals surface area contributed by atoms with Gasteiger partial charge in [-0.15, -0.1) is 0 Å². The molecule has 0 aromatic rings. The number of hydrogen-bond acceptors (Lipinski definition) is 3. The fraction of sp³-hybridized carbons (Fsp3) is 0.889. The Morgan fingerprint density at radius 2 is 2.31 bits per heavy atom. The van der Waals surface area contributed by atoms with Crippen LogP contribution in [0.5, 0.6) is 0 Å². The molecule has 1 saturated heterocycles. The van der Waals surface area contributed by atoms with Gasteiger partial charge in [0.15, 0.2) is 0 Å². The number of hydrogen-bond donors (Lipinski definition) is 2. The lowest BCUT2D eigenvalue weighted by atomic mass is 10.1. The van der Waals surface area contributed by atoms with Crippen LogP contribution in [0.25, 0.3) is 0 Å². The zero-order valence-electron chi connectivity index (χ0n) is 8.75. The second-order valence-electron chi connectivity index (χ2n) is 4.00. The van der Waals surface area contributed by atoms with Gasteiger partial charge in [-0.2, -0.15) is 0 Å². The van der Waals surface area contributed by atoms with E-state index in [0.29, 0.717) is 6.04 Å². The molecule has 0 aromatic heterocycles. The highest BCUT2D eigenvalue weighted by Gasteiger charge is 2.26. The Kier molecular flexibility index (Phi) is 3.27. The van der Waals surface area contributed by atoms with Gasteiger partial charge >= 0.3 is 0 Å². The summed E-state index contributed by atoms with van der Waals surface area (Å²) in [6.07, 6.45) is 1.19. The van der Waals surface area contributed by atoms with Crippen molar-refractivity contribution in [1.29, 1.82) is 5.41 Å². The molecule has 1 heterocycles. The summed E-state index contributed by atoms with van der Waals surface area (Å²) in [5, 5.41) is 7.37. The quantitative estimate of drug-likeness (QED) is 0.477. The van der Waals surface area contributed by atoms with Crippen molar-refractivity contribution < 1.29 is 0 Å². The summed E-state index contributed by atoms with van der Waals surface area (Å²) >= 11 is 0. The number of amidine groups is 1. The molecule has 13 heavy (non-hydrogen) atoms. The standard InChI is InChI=1S/C9H20N4/c1-7(9(10)11)13(3)8-4-5-12(2)6-8/h7-8H,4-6H2,1-3H3,(H3,10,11). The van der Waals surface area contributed by atoms with Gasteiger partial charge in [0.1, 0.15) is 5.84 Å². The van der Waals surface area contributed by atoms with Gasteiger partial charge in [-0.1, -0.05) is 0 Å².